The third kappa shape index (κ3) is 4.24. The molecule has 0 unspecified atom stereocenters. The Morgan fingerprint density at radius 3 is 3.00 bits per heavy atom. The molecule has 2 aliphatic rings. The summed E-state index contributed by atoms with van der Waals surface area (Å²) in [6.07, 6.45) is 11.9. The molecule has 26 heavy (non-hydrogen) atoms. The zero-order valence-electron chi connectivity index (χ0n) is 15.1. The minimum atomic E-state index is 0.0739. The highest BCUT2D eigenvalue weighted by molar-refractivity contribution is 7.10. The van der Waals surface area contributed by atoms with Crippen molar-refractivity contribution in [2.24, 2.45) is 13.0 Å². The normalized spacial score (nSPS) is 23.2. The summed E-state index contributed by atoms with van der Waals surface area (Å²) in [5.74, 6) is 0.808. The lowest BCUT2D eigenvalue weighted by Crippen LogP contribution is -2.41. The molecule has 2 atom stereocenters. The smallest absolute Gasteiger partial charge is 0.246 e. The molecule has 1 saturated heterocycles. The number of rotatable bonds is 7. The highest BCUT2D eigenvalue weighted by atomic mass is 32.1. The van der Waals surface area contributed by atoms with E-state index in [0.29, 0.717) is 0 Å². The van der Waals surface area contributed by atoms with E-state index >= 15 is 0 Å². The van der Waals surface area contributed by atoms with E-state index in [1.165, 1.54) is 12.8 Å². The Morgan fingerprint density at radius 2 is 2.31 bits per heavy atom. The number of likely N-dealkylation sites (tertiary alicyclic amines) is 1. The highest BCUT2D eigenvalue weighted by Crippen LogP contribution is 2.32. The van der Waals surface area contributed by atoms with Crippen LogP contribution in [0.3, 0.4) is 0 Å². The summed E-state index contributed by atoms with van der Waals surface area (Å²) in [6.45, 7) is 1.59. The molecule has 0 radical (unpaired) electrons. The molecule has 0 aromatic carbocycles. The number of amides is 1. The van der Waals surface area contributed by atoms with Crippen molar-refractivity contribution in [3.63, 3.8) is 0 Å². The molecule has 4 rings (SSSR count). The second-order valence-corrected chi connectivity index (χ2v) is 8.26. The Bertz CT molecular complexity index is 764. The number of aryl methyl sites for hydroxylation is 1. The van der Waals surface area contributed by atoms with Crippen molar-refractivity contribution in [1.29, 1.82) is 0 Å². The maximum Gasteiger partial charge on any atom is 0.246 e. The van der Waals surface area contributed by atoms with E-state index in [4.69, 9.17) is 4.74 Å². The van der Waals surface area contributed by atoms with Gasteiger partial charge in [0.15, 0.2) is 0 Å². The second-order valence-electron chi connectivity index (χ2n) is 7.28. The number of nitrogens with zero attached hydrogens (tertiary/aromatic N) is 3. The van der Waals surface area contributed by atoms with Gasteiger partial charge in [0.2, 0.25) is 5.91 Å². The minimum absolute atomic E-state index is 0.0739. The summed E-state index contributed by atoms with van der Waals surface area (Å²) in [6, 6.07) is 4.10. The standard InChI is InChI=1S/C20H25N3O2S/c1-22-13-16(12-21-22)11-18-19(25-14-15-4-5-15)8-9-23(18)20(24)7-6-17-3-2-10-26-17/h2-3,6-7,10,12-13,15,18-19H,4-5,8-9,11,14H2,1H3/b7-6+/t18-,19+/m0/s1. The van der Waals surface area contributed by atoms with Gasteiger partial charge in [0.25, 0.3) is 0 Å². The van der Waals surface area contributed by atoms with Crippen molar-refractivity contribution in [3.8, 4) is 0 Å². The lowest BCUT2D eigenvalue weighted by Gasteiger charge is -2.27. The third-order valence-corrected chi connectivity index (χ3v) is 5.98. The average molecular weight is 372 g/mol. The first-order valence-corrected chi connectivity index (χ1v) is 10.2. The van der Waals surface area contributed by atoms with Crippen LogP contribution in [0.15, 0.2) is 36.0 Å². The first kappa shape index (κ1) is 17.5. The number of ether oxygens (including phenoxy) is 1. The fraction of sp³-hybridized carbons (Fsp3) is 0.500. The van der Waals surface area contributed by atoms with Gasteiger partial charge in [-0.05, 0) is 54.7 Å². The monoisotopic (exact) mass is 371 g/mol. The van der Waals surface area contributed by atoms with Crippen LogP contribution in [0.5, 0.6) is 0 Å². The van der Waals surface area contributed by atoms with Gasteiger partial charge in [-0.15, -0.1) is 11.3 Å². The zero-order valence-corrected chi connectivity index (χ0v) is 15.9. The van der Waals surface area contributed by atoms with Crippen LogP contribution < -0.4 is 0 Å². The van der Waals surface area contributed by atoms with E-state index in [2.05, 4.69) is 5.10 Å². The van der Waals surface area contributed by atoms with Gasteiger partial charge in [0.1, 0.15) is 0 Å². The number of hydrogen-bond acceptors (Lipinski definition) is 4. The maximum atomic E-state index is 12.8. The largest absolute Gasteiger partial charge is 0.376 e. The van der Waals surface area contributed by atoms with Gasteiger partial charge in [-0.1, -0.05) is 6.07 Å². The Labute approximate surface area is 158 Å². The van der Waals surface area contributed by atoms with Crippen LogP contribution in [0, 0.1) is 5.92 Å². The predicted molar refractivity (Wildman–Crippen MR) is 103 cm³/mol. The van der Waals surface area contributed by atoms with Crippen LogP contribution in [0.25, 0.3) is 6.08 Å². The molecule has 6 heteroatoms. The van der Waals surface area contributed by atoms with Gasteiger partial charge >= 0.3 is 0 Å². The fourth-order valence-electron chi connectivity index (χ4n) is 3.53. The molecule has 1 aliphatic carbocycles. The summed E-state index contributed by atoms with van der Waals surface area (Å²) >= 11 is 1.64. The molecule has 1 aliphatic heterocycles. The Kier molecular flexibility index (Phi) is 5.22. The van der Waals surface area contributed by atoms with Gasteiger partial charge in [0, 0.05) is 37.3 Å². The van der Waals surface area contributed by atoms with Gasteiger partial charge in [0.05, 0.1) is 18.3 Å². The van der Waals surface area contributed by atoms with Gasteiger partial charge in [-0.25, -0.2) is 0 Å². The van der Waals surface area contributed by atoms with Crippen molar-refractivity contribution in [2.45, 2.75) is 37.8 Å². The van der Waals surface area contributed by atoms with Crippen LogP contribution in [0.2, 0.25) is 0 Å². The first-order chi connectivity index (χ1) is 12.7. The molecule has 2 fully saturated rings. The number of hydrogen-bond donors (Lipinski definition) is 0. The number of aromatic nitrogens is 2. The summed E-state index contributed by atoms with van der Waals surface area (Å²) in [7, 11) is 1.92. The predicted octanol–water partition coefficient (Wildman–Crippen LogP) is 3.13. The van der Waals surface area contributed by atoms with Gasteiger partial charge in [-0.2, -0.15) is 5.10 Å². The highest BCUT2D eigenvalue weighted by Gasteiger charge is 2.38. The number of carbonyl (C=O) groups excluding carboxylic acids is 1. The van der Waals surface area contributed by atoms with Crippen molar-refractivity contribution >= 4 is 23.3 Å². The first-order valence-electron chi connectivity index (χ1n) is 9.30. The summed E-state index contributed by atoms with van der Waals surface area (Å²) < 4.78 is 8.02. The quantitative estimate of drug-likeness (QED) is 0.703. The van der Waals surface area contributed by atoms with E-state index in [1.807, 2.05) is 52.6 Å². The lowest BCUT2D eigenvalue weighted by atomic mass is 10.0. The molecule has 1 saturated carbocycles. The van der Waals surface area contributed by atoms with Crippen molar-refractivity contribution in [2.75, 3.05) is 13.2 Å². The van der Waals surface area contributed by atoms with E-state index in [0.717, 1.165) is 42.4 Å². The molecule has 138 valence electrons. The summed E-state index contributed by atoms with van der Waals surface area (Å²) in [5, 5.41) is 6.29. The molecule has 5 nitrogen and oxygen atoms in total. The van der Waals surface area contributed by atoms with Crippen LogP contribution in [0.4, 0.5) is 0 Å². The fourth-order valence-corrected chi connectivity index (χ4v) is 4.15. The maximum absolute atomic E-state index is 12.8. The van der Waals surface area contributed by atoms with Crippen molar-refractivity contribution < 1.29 is 9.53 Å². The lowest BCUT2D eigenvalue weighted by molar-refractivity contribution is -0.128. The third-order valence-electron chi connectivity index (χ3n) is 5.15. The molecular weight excluding hydrogens is 346 g/mol. The molecule has 2 aromatic heterocycles. The zero-order chi connectivity index (χ0) is 17.9. The van der Waals surface area contributed by atoms with Crippen molar-refractivity contribution in [3.05, 3.63) is 46.4 Å². The summed E-state index contributed by atoms with van der Waals surface area (Å²) in [4.78, 5) is 15.9. The molecule has 0 bridgehead atoms. The van der Waals surface area contributed by atoms with E-state index in [9.17, 15) is 4.79 Å². The Morgan fingerprint density at radius 1 is 1.42 bits per heavy atom. The number of thiophene rings is 1. The van der Waals surface area contributed by atoms with Crippen LogP contribution in [-0.4, -0.2) is 45.9 Å². The average Bonchev–Trinajstić information content (AvgIpc) is 3.00. The molecular formula is C20H25N3O2S. The van der Waals surface area contributed by atoms with Crippen LogP contribution in [-0.2, 0) is 23.0 Å². The second kappa shape index (κ2) is 7.76. The van der Waals surface area contributed by atoms with Gasteiger partial charge < -0.3 is 9.64 Å². The van der Waals surface area contributed by atoms with E-state index in [1.54, 1.807) is 17.4 Å². The van der Waals surface area contributed by atoms with Gasteiger partial charge in [-0.3, -0.25) is 9.48 Å². The topological polar surface area (TPSA) is 47.4 Å². The van der Waals surface area contributed by atoms with Crippen LogP contribution >= 0.6 is 11.3 Å². The van der Waals surface area contributed by atoms with E-state index in [-0.39, 0.29) is 18.1 Å². The molecule has 3 heterocycles. The number of carbonyl (C=O) groups is 1. The Balaban J connectivity index is 1.46. The minimum Gasteiger partial charge on any atom is -0.376 e. The molecule has 0 N–H and O–H groups in total. The summed E-state index contributed by atoms with van der Waals surface area (Å²) in [5.41, 5.74) is 1.15. The molecule has 0 spiro atoms. The molecule has 1 amide bonds. The molecule has 2 aromatic rings. The SMILES string of the molecule is Cn1cc(C[C@H]2[C@H](OCC3CC3)CCN2C(=O)/C=C/c2cccs2)cn1. The van der Waals surface area contributed by atoms with Crippen LogP contribution in [0.1, 0.15) is 29.7 Å². The van der Waals surface area contributed by atoms with Crippen molar-refractivity contribution in [1.82, 2.24) is 14.7 Å². The van der Waals surface area contributed by atoms with E-state index < -0.39 is 0 Å². The Hall–Kier alpha value is -1.92.